The molecule has 1 atom stereocenters. The smallest absolute Gasteiger partial charge is 0.257 e. The number of hydrogen-bond donors (Lipinski definition) is 2. The summed E-state index contributed by atoms with van der Waals surface area (Å²) in [6.45, 7) is 2.16. The van der Waals surface area contributed by atoms with E-state index in [2.05, 4.69) is 0 Å². The predicted octanol–water partition coefficient (Wildman–Crippen LogP) is 2.38. The molecule has 116 valence electrons. The van der Waals surface area contributed by atoms with Gasteiger partial charge in [-0.1, -0.05) is 6.07 Å². The molecular formula is C16H23NO4. The number of ether oxygens (including phenoxy) is 1. The highest BCUT2D eigenvalue weighted by Gasteiger charge is 2.26. The average Bonchev–Trinajstić information content (AvgIpc) is 2.50. The molecule has 5 nitrogen and oxygen atoms in total. The van der Waals surface area contributed by atoms with Crippen LogP contribution in [0.15, 0.2) is 18.2 Å². The number of benzene rings is 1. The number of carbonyl (C=O) groups is 1. The summed E-state index contributed by atoms with van der Waals surface area (Å²) in [6, 6.07) is 4.49. The first kappa shape index (κ1) is 15.6. The zero-order valence-corrected chi connectivity index (χ0v) is 12.4. The molecule has 2 N–H and O–H groups in total. The molecule has 0 spiro atoms. The van der Waals surface area contributed by atoms with Crippen molar-refractivity contribution < 1.29 is 19.7 Å². The van der Waals surface area contributed by atoms with Gasteiger partial charge in [0.05, 0.1) is 5.56 Å². The third-order valence-corrected chi connectivity index (χ3v) is 4.01. The molecule has 1 amide bonds. The fourth-order valence-electron chi connectivity index (χ4n) is 2.88. The summed E-state index contributed by atoms with van der Waals surface area (Å²) >= 11 is 0. The number of carbonyl (C=O) groups excluding carboxylic acids is 1. The monoisotopic (exact) mass is 293 g/mol. The highest BCUT2D eigenvalue weighted by molar-refractivity contribution is 5.97. The van der Waals surface area contributed by atoms with Gasteiger partial charge in [-0.15, -0.1) is 0 Å². The summed E-state index contributed by atoms with van der Waals surface area (Å²) in [5, 5.41) is 19.3. The topological polar surface area (TPSA) is 70.0 Å². The molecule has 0 radical (unpaired) electrons. The SMILES string of the molecule is COCCC[C@@H]1CCCN(C(=O)c2cccc(O)c2O)C1. The van der Waals surface area contributed by atoms with Crippen LogP contribution in [0.5, 0.6) is 11.5 Å². The Labute approximate surface area is 125 Å². The van der Waals surface area contributed by atoms with Crippen LogP contribution < -0.4 is 0 Å². The second-order valence-electron chi connectivity index (χ2n) is 5.57. The molecule has 1 saturated heterocycles. The largest absolute Gasteiger partial charge is 0.504 e. The van der Waals surface area contributed by atoms with E-state index < -0.39 is 0 Å². The highest BCUT2D eigenvalue weighted by atomic mass is 16.5. The molecule has 0 unspecified atom stereocenters. The number of piperidine rings is 1. The predicted molar refractivity (Wildman–Crippen MR) is 79.5 cm³/mol. The number of methoxy groups -OCH3 is 1. The Kier molecular flexibility index (Phi) is 5.44. The van der Waals surface area contributed by atoms with E-state index in [1.807, 2.05) is 0 Å². The number of para-hydroxylation sites is 1. The van der Waals surface area contributed by atoms with E-state index in [-0.39, 0.29) is 23.0 Å². The fraction of sp³-hybridized carbons (Fsp3) is 0.562. The number of rotatable bonds is 5. The second kappa shape index (κ2) is 7.31. The van der Waals surface area contributed by atoms with Gasteiger partial charge >= 0.3 is 0 Å². The van der Waals surface area contributed by atoms with Crippen LogP contribution in [0, 0.1) is 5.92 Å². The first-order valence-electron chi connectivity index (χ1n) is 7.42. The quantitative estimate of drug-likeness (QED) is 0.646. The van der Waals surface area contributed by atoms with Gasteiger partial charge in [-0.2, -0.15) is 0 Å². The van der Waals surface area contributed by atoms with E-state index in [1.54, 1.807) is 24.1 Å². The third kappa shape index (κ3) is 3.88. The molecule has 2 rings (SSSR count). The first-order chi connectivity index (χ1) is 10.1. The second-order valence-corrected chi connectivity index (χ2v) is 5.57. The van der Waals surface area contributed by atoms with Gasteiger partial charge in [0.25, 0.3) is 5.91 Å². The van der Waals surface area contributed by atoms with Crippen LogP contribution in [-0.4, -0.2) is 47.8 Å². The molecule has 0 bridgehead atoms. The maximum atomic E-state index is 12.5. The molecule has 1 heterocycles. The van der Waals surface area contributed by atoms with Crippen LogP contribution in [0.3, 0.4) is 0 Å². The van der Waals surface area contributed by atoms with E-state index in [0.717, 1.165) is 32.3 Å². The first-order valence-corrected chi connectivity index (χ1v) is 7.42. The lowest BCUT2D eigenvalue weighted by molar-refractivity contribution is 0.0657. The maximum Gasteiger partial charge on any atom is 0.257 e. The van der Waals surface area contributed by atoms with Crippen LogP contribution in [0.4, 0.5) is 0 Å². The number of likely N-dealkylation sites (tertiary alicyclic amines) is 1. The van der Waals surface area contributed by atoms with Gasteiger partial charge in [0.1, 0.15) is 0 Å². The third-order valence-electron chi connectivity index (χ3n) is 4.01. The molecular weight excluding hydrogens is 270 g/mol. The molecule has 5 heteroatoms. The average molecular weight is 293 g/mol. The summed E-state index contributed by atoms with van der Waals surface area (Å²) in [5.74, 6) is -0.310. The van der Waals surface area contributed by atoms with Crippen molar-refractivity contribution in [3.8, 4) is 11.5 Å². The Bertz CT molecular complexity index is 489. The Morgan fingerprint density at radius 3 is 3.00 bits per heavy atom. The molecule has 1 aliphatic rings. The highest BCUT2D eigenvalue weighted by Crippen LogP contribution is 2.30. The van der Waals surface area contributed by atoms with Crippen LogP contribution in [0.25, 0.3) is 0 Å². The minimum atomic E-state index is -0.330. The lowest BCUT2D eigenvalue weighted by Crippen LogP contribution is -2.40. The van der Waals surface area contributed by atoms with E-state index in [1.165, 1.54) is 6.07 Å². The lowest BCUT2D eigenvalue weighted by Gasteiger charge is -2.33. The van der Waals surface area contributed by atoms with Gasteiger partial charge in [0, 0.05) is 26.8 Å². The summed E-state index contributed by atoms with van der Waals surface area (Å²) in [5.41, 5.74) is 0.174. The van der Waals surface area contributed by atoms with Crippen LogP contribution >= 0.6 is 0 Å². The number of aromatic hydroxyl groups is 2. The zero-order chi connectivity index (χ0) is 15.2. The normalized spacial score (nSPS) is 18.7. The molecule has 21 heavy (non-hydrogen) atoms. The number of amides is 1. The Balaban J connectivity index is 2.00. The summed E-state index contributed by atoms with van der Waals surface area (Å²) in [6.07, 6.45) is 4.15. The van der Waals surface area contributed by atoms with Gasteiger partial charge in [-0.05, 0) is 43.7 Å². The molecule has 1 aliphatic heterocycles. The van der Waals surface area contributed by atoms with E-state index in [0.29, 0.717) is 19.0 Å². The van der Waals surface area contributed by atoms with Gasteiger partial charge in [-0.3, -0.25) is 4.79 Å². The van der Waals surface area contributed by atoms with Gasteiger partial charge in [-0.25, -0.2) is 0 Å². The van der Waals surface area contributed by atoms with Crippen molar-refractivity contribution >= 4 is 5.91 Å². The zero-order valence-electron chi connectivity index (χ0n) is 12.4. The molecule has 0 saturated carbocycles. The van der Waals surface area contributed by atoms with Crippen molar-refractivity contribution in [2.24, 2.45) is 5.92 Å². The van der Waals surface area contributed by atoms with Gasteiger partial charge in [0.2, 0.25) is 0 Å². The van der Waals surface area contributed by atoms with E-state index in [4.69, 9.17) is 4.74 Å². The number of phenolic OH excluding ortho intramolecular Hbond substituents is 2. The Morgan fingerprint density at radius 2 is 2.24 bits per heavy atom. The van der Waals surface area contributed by atoms with Crippen molar-refractivity contribution in [1.29, 1.82) is 0 Å². The minimum Gasteiger partial charge on any atom is -0.504 e. The van der Waals surface area contributed by atoms with Crippen molar-refractivity contribution in [3.63, 3.8) is 0 Å². The molecule has 1 aromatic carbocycles. The molecule has 1 fully saturated rings. The molecule has 0 aliphatic carbocycles. The van der Waals surface area contributed by atoms with Crippen molar-refractivity contribution in [2.45, 2.75) is 25.7 Å². The summed E-state index contributed by atoms with van der Waals surface area (Å²) in [7, 11) is 1.70. The van der Waals surface area contributed by atoms with Gasteiger partial charge in [0.15, 0.2) is 11.5 Å². The number of nitrogens with zero attached hydrogens (tertiary/aromatic N) is 1. The van der Waals surface area contributed by atoms with Gasteiger partial charge < -0.3 is 19.8 Å². The van der Waals surface area contributed by atoms with Crippen molar-refractivity contribution in [1.82, 2.24) is 4.90 Å². The van der Waals surface area contributed by atoms with Crippen LogP contribution in [0.1, 0.15) is 36.0 Å². The maximum absolute atomic E-state index is 12.5. The Morgan fingerprint density at radius 1 is 1.43 bits per heavy atom. The molecule has 1 aromatic rings. The fourth-order valence-corrected chi connectivity index (χ4v) is 2.88. The summed E-state index contributed by atoms with van der Waals surface area (Å²) in [4.78, 5) is 14.3. The molecule has 0 aromatic heterocycles. The van der Waals surface area contributed by atoms with Crippen molar-refractivity contribution in [2.75, 3.05) is 26.8 Å². The van der Waals surface area contributed by atoms with E-state index in [9.17, 15) is 15.0 Å². The minimum absolute atomic E-state index is 0.174. The van der Waals surface area contributed by atoms with Crippen LogP contribution in [0.2, 0.25) is 0 Å². The standard InChI is InChI=1S/C16H23NO4/c1-21-10-4-6-12-5-3-9-17(11-12)16(20)13-7-2-8-14(18)15(13)19/h2,7-8,12,18-19H,3-6,9-11H2,1H3/t12-/m0/s1. The number of phenols is 2. The number of hydrogen-bond acceptors (Lipinski definition) is 4. The lowest BCUT2D eigenvalue weighted by atomic mass is 9.93. The van der Waals surface area contributed by atoms with Crippen molar-refractivity contribution in [3.05, 3.63) is 23.8 Å². The van der Waals surface area contributed by atoms with E-state index >= 15 is 0 Å². The van der Waals surface area contributed by atoms with Crippen LogP contribution in [-0.2, 0) is 4.74 Å². The Hall–Kier alpha value is -1.75. The summed E-state index contributed by atoms with van der Waals surface area (Å²) < 4.78 is 5.06.